The van der Waals surface area contributed by atoms with Gasteiger partial charge in [0.05, 0.1) is 12.6 Å². The molecule has 3 fully saturated rings. The zero-order valence-electron chi connectivity index (χ0n) is 9.07. The van der Waals surface area contributed by atoms with E-state index in [1.54, 1.807) is 0 Å². The molecule has 0 amide bonds. The Balaban J connectivity index is 1.78. The molecule has 0 saturated carbocycles. The third kappa shape index (κ3) is 1.41. The maximum atomic E-state index is 8.42. The molecule has 88 valence electrons. The lowest BCUT2D eigenvalue weighted by Gasteiger charge is -2.21. The summed E-state index contributed by atoms with van der Waals surface area (Å²) in [4.78, 5) is 2.78. The van der Waals surface area contributed by atoms with E-state index in [0.29, 0.717) is 6.61 Å². The van der Waals surface area contributed by atoms with Crippen LogP contribution in [-0.4, -0.2) is 43.0 Å². The fourth-order valence-corrected chi connectivity index (χ4v) is 2.47. The molecule has 3 aliphatic heterocycles. The van der Waals surface area contributed by atoms with Crippen molar-refractivity contribution >= 4 is 0 Å². The first kappa shape index (κ1) is 10.3. The van der Waals surface area contributed by atoms with Gasteiger partial charge in [0.25, 0.3) is 0 Å². The van der Waals surface area contributed by atoms with E-state index in [-0.39, 0.29) is 24.4 Å². The number of nitrogens with zero attached hydrogens (tertiary/aromatic N) is 3. The first-order valence-electron chi connectivity index (χ1n) is 5.28. The second kappa shape index (κ2) is 3.32. The van der Waals surface area contributed by atoms with Crippen LogP contribution >= 0.6 is 0 Å². The van der Waals surface area contributed by atoms with Gasteiger partial charge >= 0.3 is 0 Å². The molecule has 0 N–H and O–H groups in total. The summed E-state index contributed by atoms with van der Waals surface area (Å²) in [6.07, 6.45) is -1.08. The summed E-state index contributed by atoms with van der Waals surface area (Å²) >= 11 is 0. The number of fused-ring (bicyclic) bond motifs is 3. The predicted molar refractivity (Wildman–Crippen MR) is 51.4 cm³/mol. The van der Waals surface area contributed by atoms with E-state index in [0.717, 1.165) is 0 Å². The highest BCUT2D eigenvalue weighted by Gasteiger charge is 2.59. The molecule has 3 aliphatic rings. The second-order valence-electron chi connectivity index (χ2n) is 4.64. The minimum Gasteiger partial charge on any atom is -0.372 e. The van der Waals surface area contributed by atoms with E-state index in [9.17, 15) is 0 Å². The van der Waals surface area contributed by atoms with Crippen LogP contribution < -0.4 is 0 Å². The minimum absolute atomic E-state index is 0.192. The molecule has 0 bridgehead atoms. The van der Waals surface area contributed by atoms with Gasteiger partial charge in [0.15, 0.2) is 12.1 Å². The molecule has 0 unspecified atom stereocenters. The molecule has 0 aromatic heterocycles. The number of ether oxygens (including phenoxy) is 4. The van der Waals surface area contributed by atoms with Crippen LogP contribution in [0.25, 0.3) is 10.4 Å². The largest absolute Gasteiger partial charge is 0.372 e. The quantitative estimate of drug-likeness (QED) is 0.379. The lowest BCUT2D eigenvalue weighted by molar-refractivity contribution is -0.210. The van der Waals surface area contributed by atoms with E-state index >= 15 is 0 Å². The van der Waals surface area contributed by atoms with Crippen LogP contribution in [0.1, 0.15) is 13.8 Å². The van der Waals surface area contributed by atoms with E-state index in [1.807, 2.05) is 13.8 Å². The van der Waals surface area contributed by atoms with Crippen molar-refractivity contribution in [1.82, 2.24) is 0 Å². The Labute approximate surface area is 92.2 Å². The minimum atomic E-state index is -0.639. The lowest BCUT2D eigenvalue weighted by Crippen LogP contribution is -2.34. The normalized spacial score (nSPS) is 48.5. The van der Waals surface area contributed by atoms with Crippen molar-refractivity contribution in [3.8, 4) is 0 Å². The van der Waals surface area contributed by atoms with E-state index < -0.39 is 12.1 Å². The Morgan fingerprint density at radius 1 is 1.25 bits per heavy atom. The van der Waals surface area contributed by atoms with Gasteiger partial charge in [-0.25, -0.2) is 0 Å². The molecular formula is C9H13N3O4. The van der Waals surface area contributed by atoms with Gasteiger partial charge in [-0.3, -0.25) is 0 Å². The first-order chi connectivity index (χ1) is 7.61. The number of rotatable bonds is 1. The molecule has 0 aromatic carbocycles. The predicted octanol–water partition coefficient (Wildman–Crippen LogP) is 0.940. The van der Waals surface area contributed by atoms with Crippen molar-refractivity contribution < 1.29 is 18.9 Å². The van der Waals surface area contributed by atoms with Crippen LogP contribution in [-0.2, 0) is 18.9 Å². The molecule has 5 atom stereocenters. The zero-order chi connectivity index (χ0) is 11.3. The third-order valence-electron chi connectivity index (χ3n) is 3.07. The van der Waals surface area contributed by atoms with Crippen LogP contribution in [0.4, 0.5) is 0 Å². The average molecular weight is 227 g/mol. The molecule has 0 aromatic rings. The van der Waals surface area contributed by atoms with Crippen LogP contribution in [0.2, 0.25) is 0 Å². The molecule has 0 radical (unpaired) electrons. The van der Waals surface area contributed by atoms with Gasteiger partial charge in [-0.2, -0.15) is 0 Å². The third-order valence-corrected chi connectivity index (χ3v) is 3.07. The molecular weight excluding hydrogens is 214 g/mol. The summed E-state index contributed by atoms with van der Waals surface area (Å²) in [6, 6.07) is -0.282. The summed E-state index contributed by atoms with van der Waals surface area (Å²) in [5.74, 6) is -0.639. The Morgan fingerprint density at radius 2 is 2.06 bits per heavy atom. The Hall–Kier alpha value is -0.850. The zero-order valence-corrected chi connectivity index (χ0v) is 9.07. The molecule has 0 aliphatic carbocycles. The summed E-state index contributed by atoms with van der Waals surface area (Å²) in [5.41, 5.74) is 8.42. The lowest BCUT2D eigenvalue weighted by atomic mass is 10.1. The summed E-state index contributed by atoms with van der Waals surface area (Å²) < 4.78 is 22.5. The second-order valence-corrected chi connectivity index (χ2v) is 4.64. The highest BCUT2D eigenvalue weighted by atomic mass is 16.8. The summed E-state index contributed by atoms with van der Waals surface area (Å²) in [7, 11) is 0. The van der Waals surface area contributed by atoms with Crippen LogP contribution in [0.5, 0.6) is 0 Å². The highest BCUT2D eigenvalue weighted by Crippen LogP contribution is 2.42. The van der Waals surface area contributed by atoms with E-state index in [1.165, 1.54) is 0 Å². The van der Waals surface area contributed by atoms with Crippen molar-refractivity contribution in [2.45, 2.75) is 50.3 Å². The van der Waals surface area contributed by atoms with Gasteiger partial charge in [-0.15, -0.1) is 0 Å². The molecule has 7 heteroatoms. The highest BCUT2D eigenvalue weighted by molar-refractivity contribution is 5.02. The van der Waals surface area contributed by atoms with Crippen molar-refractivity contribution in [2.75, 3.05) is 6.61 Å². The molecule has 3 saturated heterocycles. The van der Waals surface area contributed by atoms with Gasteiger partial charge in [-0.05, 0) is 19.4 Å². The molecule has 3 rings (SSSR count). The number of hydrogen-bond acceptors (Lipinski definition) is 5. The smallest absolute Gasteiger partial charge is 0.190 e. The fraction of sp³-hybridized carbons (Fsp3) is 1.00. The van der Waals surface area contributed by atoms with Gasteiger partial charge in [0, 0.05) is 4.91 Å². The number of hydrogen-bond donors (Lipinski definition) is 0. The number of azide groups is 1. The maximum Gasteiger partial charge on any atom is 0.190 e. The topological polar surface area (TPSA) is 85.7 Å². The van der Waals surface area contributed by atoms with E-state index in [4.69, 9.17) is 24.5 Å². The van der Waals surface area contributed by atoms with Gasteiger partial charge < -0.3 is 18.9 Å². The maximum absolute atomic E-state index is 8.42. The SMILES string of the molecule is CC1(C)O[C@H]2O[C@H]3[C@H](OC[C@@H]3N=[N+]=[N-])[C@H]2O1. The van der Waals surface area contributed by atoms with Crippen LogP contribution in [0, 0.1) is 0 Å². The Morgan fingerprint density at radius 3 is 2.81 bits per heavy atom. The standard InChI is InChI=1S/C9H13N3O4/c1-9(2)15-7-6-5(14-8(7)16-9)4(3-13-6)11-12-10/h4-8H,3H2,1-2H3/t4-,5+,6-,7+,8+/m0/s1. The van der Waals surface area contributed by atoms with Gasteiger partial charge in [0.1, 0.15) is 18.3 Å². The van der Waals surface area contributed by atoms with Crippen molar-refractivity contribution in [1.29, 1.82) is 0 Å². The Bertz CT molecular complexity index is 355. The molecule has 0 spiro atoms. The van der Waals surface area contributed by atoms with Crippen molar-refractivity contribution in [3.63, 3.8) is 0 Å². The monoisotopic (exact) mass is 227 g/mol. The molecule has 16 heavy (non-hydrogen) atoms. The average Bonchev–Trinajstić information content (AvgIpc) is 2.77. The summed E-state index contributed by atoms with van der Waals surface area (Å²) in [6.45, 7) is 4.06. The first-order valence-corrected chi connectivity index (χ1v) is 5.28. The van der Waals surface area contributed by atoms with E-state index in [2.05, 4.69) is 10.0 Å². The van der Waals surface area contributed by atoms with Gasteiger partial charge in [0.2, 0.25) is 0 Å². The van der Waals surface area contributed by atoms with Crippen molar-refractivity contribution in [3.05, 3.63) is 10.4 Å². The van der Waals surface area contributed by atoms with Crippen LogP contribution in [0.3, 0.4) is 0 Å². The molecule has 3 heterocycles. The van der Waals surface area contributed by atoms with Crippen molar-refractivity contribution in [2.24, 2.45) is 5.11 Å². The van der Waals surface area contributed by atoms with Gasteiger partial charge in [-0.1, -0.05) is 5.11 Å². The molecule has 7 nitrogen and oxygen atoms in total. The Kier molecular flexibility index (Phi) is 2.14. The fourth-order valence-electron chi connectivity index (χ4n) is 2.47. The summed E-state index contributed by atoms with van der Waals surface area (Å²) in [5, 5.41) is 3.65. The van der Waals surface area contributed by atoms with Crippen LogP contribution in [0.15, 0.2) is 5.11 Å².